The summed E-state index contributed by atoms with van der Waals surface area (Å²) in [5.41, 5.74) is 1.28. The number of hydrogen-bond donors (Lipinski definition) is 5. The number of aromatic amines is 1. The van der Waals surface area contributed by atoms with Crippen LogP contribution in [0.25, 0.3) is 0 Å². The van der Waals surface area contributed by atoms with Gasteiger partial charge in [0.1, 0.15) is 11.8 Å². The Labute approximate surface area is 326 Å². The van der Waals surface area contributed by atoms with Crippen molar-refractivity contribution in [2.45, 2.75) is 95.1 Å². The number of hydrogen-bond acceptors (Lipinski definition) is 11. The molecule has 0 bridgehead atoms. The van der Waals surface area contributed by atoms with Gasteiger partial charge in [-0.1, -0.05) is 62.4 Å². The lowest BCUT2D eigenvalue weighted by Gasteiger charge is -2.32. The average Bonchev–Trinajstić information content (AvgIpc) is 3.64. The van der Waals surface area contributed by atoms with Gasteiger partial charge in [-0.2, -0.15) is 0 Å². The maximum Gasteiger partial charge on any atom is 0.243 e. The maximum absolute atomic E-state index is 14.2. The third-order valence-corrected chi connectivity index (χ3v) is 14.7. The standard InChI is InChI=1S/C38H60N6O9S2/c1-38(2,3)55(51,52)24-30(20-28-10-6-4-7-11-28)36(47)43-33(22-31-23-39-27-41-31)37(48)42-32(21-29-12-8-5-9-13-29)34(45)25-54(49,50)26-35(46)40-14-15-44-16-18-53-19-17-44/h4,6-7,10-11,23,27,29-30,32-34,45H,5,8-9,12-22,24-26H2,1-3H3,(H,39,41)(H,40,46)(H,42,48)(H,43,47)/t30-,32+,33+,34+/m1/s1. The van der Waals surface area contributed by atoms with Gasteiger partial charge in [-0.05, 0) is 45.1 Å². The van der Waals surface area contributed by atoms with Gasteiger partial charge in [0.2, 0.25) is 17.7 Å². The van der Waals surface area contributed by atoms with Crippen LogP contribution < -0.4 is 16.0 Å². The summed E-state index contributed by atoms with van der Waals surface area (Å²) in [6.45, 7) is 8.22. The number of aliphatic hydroxyl groups is 1. The second-order valence-corrected chi connectivity index (χ2v) is 20.8. The minimum absolute atomic E-state index is 0.0309. The first-order chi connectivity index (χ1) is 26.0. The molecule has 2 aromatic rings. The van der Waals surface area contributed by atoms with Crippen molar-refractivity contribution in [2.24, 2.45) is 11.8 Å². The van der Waals surface area contributed by atoms with Crippen LogP contribution in [-0.4, -0.2) is 134 Å². The Morgan fingerprint density at radius 2 is 1.65 bits per heavy atom. The molecule has 1 saturated carbocycles. The summed E-state index contributed by atoms with van der Waals surface area (Å²) >= 11 is 0. The van der Waals surface area contributed by atoms with Gasteiger partial charge >= 0.3 is 0 Å². The Morgan fingerprint density at radius 3 is 2.29 bits per heavy atom. The van der Waals surface area contributed by atoms with Gasteiger partial charge in [0.25, 0.3) is 0 Å². The van der Waals surface area contributed by atoms with Crippen molar-refractivity contribution >= 4 is 37.4 Å². The molecular formula is C38H60N6O9S2. The molecule has 3 amide bonds. The molecule has 5 N–H and O–H groups in total. The van der Waals surface area contributed by atoms with Gasteiger partial charge in [0, 0.05) is 44.5 Å². The number of nitrogens with zero attached hydrogens (tertiary/aromatic N) is 2. The molecule has 55 heavy (non-hydrogen) atoms. The van der Waals surface area contributed by atoms with Gasteiger partial charge in [-0.15, -0.1) is 0 Å². The highest BCUT2D eigenvalue weighted by Gasteiger charge is 2.37. The largest absolute Gasteiger partial charge is 0.390 e. The molecule has 1 saturated heterocycles. The van der Waals surface area contributed by atoms with E-state index in [1.54, 1.807) is 45.0 Å². The maximum atomic E-state index is 14.2. The number of carbonyl (C=O) groups is 3. The topological polar surface area (TPSA) is 217 Å². The molecular weight excluding hydrogens is 749 g/mol. The number of imidazole rings is 1. The van der Waals surface area contributed by atoms with Crippen molar-refractivity contribution < 1.29 is 41.1 Å². The average molecular weight is 809 g/mol. The van der Waals surface area contributed by atoms with Crippen molar-refractivity contribution in [3.05, 3.63) is 54.1 Å². The monoisotopic (exact) mass is 808 g/mol. The molecule has 17 heteroatoms. The highest BCUT2D eigenvalue weighted by molar-refractivity contribution is 7.92. The predicted molar refractivity (Wildman–Crippen MR) is 209 cm³/mol. The quantitative estimate of drug-likeness (QED) is 0.128. The highest BCUT2D eigenvalue weighted by atomic mass is 32.2. The van der Waals surface area contributed by atoms with Crippen LogP contribution in [0.1, 0.15) is 70.6 Å². The lowest BCUT2D eigenvalue weighted by Crippen LogP contribution is -2.56. The van der Waals surface area contributed by atoms with Crippen LogP contribution in [0, 0.1) is 11.8 Å². The third kappa shape index (κ3) is 14.9. The summed E-state index contributed by atoms with van der Waals surface area (Å²) in [5, 5.41) is 19.7. The summed E-state index contributed by atoms with van der Waals surface area (Å²) in [4.78, 5) is 49.9. The van der Waals surface area contributed by atoms with Gasteiger partial charge in [0.05, 0.1) is 53.9 Å². The van der Waals surface area contributed by atoms with E-state index >= 15 is 0 Å². The number of aromatic nitrogens is 2. The van der Waals surface area contributed by atoms with E-state index in [2.05, 4.69) is 30.8 Å². The van der Waals surface area contributed by atoms with Crippen molar-refractivity contribution in [3.63, 3.8) is 0 Å². The van der Waals surface area contributed by atoms with E-state index in [0.29, 0.717) is 31.9 Å². The van der Waals surface area contributed by atoms with Crippen molar-refractivity contribution in [1.82, 2.24) is 30.8 Å². The zero-order chi connectivity index (χ0) is 40.1. The summed E-state index contributed by atoms with van der Waals surface area (Å²) in [7, 11) is -7.85. The Balaban J connectivity index is 1.50. The van der Waals surface area contributed by atoms with Crippen LogP contribution in [0.2, 0.25) is 0 Å². The number of morpholine rings is 1. The molecule has 1 aliphatic carbocycles. The number of benzene rings is 1. The van der Waals surface area contributed by atoms with E-state index in [1.807, 2.05) is 6.07 Å². The summed E-state index contributed by atoms with van der Waals surface area (Å²) in [6.07, 6.45) is 6.51. The lowest BCUT2D eigenvalue weighted by molar-refractivity contribution is -0.131. The van der Waals surface area contributed by atoms with E-state index < -0.39 is 83.5 Å². The number of nitrogens with one attached hydrogen (secondary N) is 4. The zero-order valence-electron chi connectivity index (χ0n) is 32.4. The number of H-pyrrole nitrogens is 1. The fourth-order valence-corrected chi connectivity index (χ4v) is 9.67. The first-order valence-electron chi connectivity index (χ1n) is 19.3. The molecule has 15 nitrogen and oxygen atoms in total. The second kappa shape index (κ2) is 20.7. The minimum atomic E-state index is -4.09. The van der Waals surface area contributed by atoms with Crippen molar-refractivity contribution in [3.8, 4) is 0 Å². The predicted octanol–water partition coefficient (Wildman–Crippen LogP) is 1.19. The van der Waals surface area contributed by atoms with Gasteiger partial charge in [-0.3, -0.25) is 19.3 Å². The van der Waals surface area contributed by atoms with Crippen LogP contribution in [0.3, 0.4) is 0 Å². The Hall–Kier alpha value is -3.38. The smallest absolute Gasteiger partial charge is 0.243 e. The molecule has 308 valence electrons. The third-order valence-electron chi connectivity index (χ3n) is 10.4. The first-order valence-corrected chi connectivity index (χ1v) is 22.8. The van der Waals surface area contributed by atoms with Crippen LogP contribution in [-0.2, 0) is 51.6 Å². The van der Waals surface area contributed by atoms with E-state index in [4.69, 9.17) is 4.74 Å². The van der Waals surface area contributed by atoms with E-state index in [9.17, 15) is 36.3 Å². The molecule has 0 spiro atoms. The number of rotatable bonds is 20. The second-order valence-electron chi connectivity index (χ2n) is 15.9. The first kappa shape index (κ1) is 44.3. The van der Waals surface area contributed by atoms with Gasteiger partial charge < -0.3 is 30.8 Å². The van der Waals surface area contributed by atoms with E-state index in [0.717, 1.165) is 50.8 Å². The minimum Gasteiger partial charge on any atom is -0.390 e. The molecule has 2 fully saturated rings. The summed E-state index contributed by atoms with van der Waals surface area (Å²) < 4.78 is 57.4. The highest BCUT2D eigenvalue weighted by Crippen LogP contribution is 2.28. The Morgan fingerprint density at radius 1 is 0.964 bits per heavy atom. The fraction of sp³-hybridized carbons (Fsp3) is 0.684. The number of ether oxygens (including phenoxy) is 1. The summed E-state index contributed by atoms with van der Waals surface area (Å²) in [5.74, 6) is -4.89. The molecule has 4 atom stereocenters. The zero-order valence-corrected chi connectivity index (χ0v) is 34.0. The number of amides is 3. The molecule has 2 heterocycles. The van der Waals surface area contributed by atoms with Crippen LogP contribution in [0.15, 0.2) is 42.9 Å². The molecule has 2 aliphatic rings. The van der Waals surface area contributed by atoms with Crippen molar-refractivity contribution in [1.29, 1.82) is 0 Å². The van der Waals surface area contributed by atoms with E-state index in [-0.39, 0.29) is 25.3 Å². The lowest BCUT2D eigenvalue weighted by atomic mass is 9.83. The SMILES string of the molecule is CC(C)(C)S(=O)(=O)C[C@@H](Cc1ccccc1)C(=O)N[C@@H](Cc1cnc[nH]1)C(=O)N[C@@H](CC1CCCCC1)[C@@H](O)CS(=O)(=O)CC(=O)NCCN1CCOCC1. The number of carbonyl (C=O) groups excluding carboxylic acids is 3. The molecule has 4 rings (SSSR count). The van der Waals surface area contributed by atoms with Crippen LogP contribution in [0.4, 0.5) is 0 Å². The van der Waals surface area contributed by atoms with Gasteiger partial charge in [0.15, 0.2) is 19.7 Å². The number of sulfone groups is 2. The fourth-order valence-electron chi connectivity index (χ4n) is 7.00. The van der Waals surface area contributed by atoms with Crippen LogP contribution in [0.5, 0.6) is 0 Å². The van der Waals surface area contributed by atoms with Crippen molar-refractivity contribution in [2.75, 3.05) is 56.7 Å². The Bertz CT molecular complexity index is 1720. The molecule has 1 aromatic carbocycles. The van der Waals surface area contributed by atoms with Gasteiger partial charge in [-0.25, -0.2) is 21.8 Å². The summed E-state index contributed by atoms with van der Waals surface area (Å²) in [6, 6.07) is 6.80. The molecule has 0 radical (unpaired) electrons. The molecule has 1 aliphatic heterocycles. The molecule has 0 unspecified atom stereocenters. The normalized spacial score (nSPS) is 18.5. The van der Waals surface area contributed by atoms with E-state index in [1.165, 1.54) is 12.5 Å². The number of aliphatic hydroxyl groups excluding tert-OH is 1. The van der Waals surface area contributed by atoms with Crippen LogP contribution >= 0.6 is 0 Å². The molecule has 1 aromatic heterocycles. The Kier molecular flexibility index (Phi) is 16.7.